The molecule has 7 heteroatoms. The number of carbonyl (C=O) groups is 1. The number of thioether (sulfide) groups is 1. The molecule has 0 atom stereocenters. The fraction of sp³-hybridized carbons (Fsp3) is 0.500. The van der Waals surface area contributed by atoms with Crippen molar-refractivity contribution in [2.24, 2.45) is 0 Å². The maximum Gasteiger partial charge on any atom is 0.389 e. The third-order valence-corrected chi connectivity index (χ3v) is 3.69. The molecule has 1 rings (SSSR count). The molecule has 0 aromatic heterocycles. The maximum absolute atomic E-state index is 13.2. The van der Waals surface area contributed by atoms with Crippen LogP contribution < -0.4 is 0 Å². The molecule has 1 aromatic carbocycles. The largest absolute Gasteiger partial charge is 0.389 e. The second-order valence-electron chi connectivity index (χ2n) is 4.58. The fourth-order valence-corrected chi connectivity index (χ4v) is 2.38. The van der Waals surface area contributed by atoms with Gasteiger partial charge in [0.25, 0.3) is 0 Å². The first-order valence-corrected chi connectivity index (χ1v) is 7.35. The van der Waals surface area contributed by atoms with Crippen LogP contribution in [0.2, 0.25) is 0 Å². The molecule has 0 aliphatic carbocycles. The van der Waals surface area contributed by atoms with Gasteiger partial charge in [-0.05, 0) is 6.42 Å². The predicted molar refractivity (Wildman–Crippen MR) is 72.7 cm³/mol. The lowest BCUT2D eigenvalue weighted by atomic mass is 10.1. The van der Waals surface area contributed by atoms with Gasteiger partial charge >= 0.3 is 6.18 Å². The molecule has 0 saturated heterocycles. The molecule has 0 N–H and O–H groups in total. The summed E-state index contributed by atoms with van der Waals surface area (Å²) >= 11 is 0.899. The highest BCUT2D eigenvalue weighted by atomic mass is 32.2. The molecule has 0 spiro atoms. The summed E-state index contributed by atoms with van der Waals surface area (Å²) in [6.07, 6.45) is -7.91. The lowest BCUT2D eigenvalue weighted by Gasteiger charge is -2.16. The number of carbonyl (C=O) groups excluding carboxylic acids is 1. The summed E-state index contributed by atoms with van der Waals surface area (Å²) in [6, 6.07) is 8.38. The number of benzene rings is 1. The Hall–Kier alpha value is -1.11. The SMILES string of the molecule is O=C(SCCCC(F)(F)CCC(F)(F)F)c1ccccc1. The summed E-state index contributed by atoms with van der Waals surface area (Å²) in [4.78, 5) is 11.7. The van der Waals surface area contributed by atoms with E-state index in [4.69, 9.17) is 0 Å². The van der Waals surface area contributed by atoms with Gasteiger partial charge in [-0.2, -0.15) is 13.2 Å². The minimum Gasteiger partial charge on any atom is -0.282 e. The van der Waals surface area contributed by atoms with E-state index in [1.54, 1.807) is 30.3 Å². The van der Waals surface area contributed by atoms with Gasteiger partial charge in [-0.15, -0.1) is 0 Å². The highest BCUT2D eigenvalue weighted by molar-refractivity contribution is 8.14. The Morgan fingerprint density at radius 3 is 2.14 bits per heavy atom. The van der Waals surface area contributed by atoms with Crippen molar-refractivity contribution in [3.05, 3.63) is 35.9 Å². The van der Waals surface area contributed by atoms with Crippen molar-refractivity contribution in [2.45, 2.75) is 37.8 Å². The van der Waals surface area contributed by atoms with Gasteiger partial charge in [0.15, 0.2) is 0 Å². The molecule has 1 aromatic rings. The molecule has 0 amide bonds. The van der Waals surface area contributed by atoms with Crippen molar-refractivity contribution in [2.75, 3.05) is 5.75 Å². The molecule has 0 radical (unpaired) electrons. The Bertz CT molecular complexity index is 444. The molecule has 0 unspecified atom stereocenters. The summed E-state index contributed by atoms with van der Waals surface area (Å²) in [5, 5.41) is -0.228. The van der Waals surface area contributed by atoms with E-state index in [9.17, 15) is 26.7 Å². The number of rotatable bonds is 7. The first-order valence-electron chi connectivity index (χ1n) is 6.36. The van der Waals surface area contributed by atoms with Gasteiger partial charge in [0, 0.05) is 30.6 Å². The molecule has 0 bridgehead atoms. The minimum absolute atomic E-state index is 0.00586. The second kappa shape index (κ2) is 7.77. The van der Waals surface area contributed by atoms with Crippen LogP contribution in [0.15, 0.2) is 30.3 Å². The van der Waals surface area contributed by atoms with E-state index in [-0.39, 0.29) is 17.3 Å². The van der Waals surface area contributed by atoms with Gasteiger partial charge in [-0.3, -0.25) is 4.79 Å². The Balaban J connectivity index is 2.25. The topological polar surface area (TPSA) is 17.1 Å². The van der Waals surface area contributed by atoms with E-state index >= 15 is 0 Å². The highest BCUT2D eigenvalue weighted by Crippen LogP contribution is 2.32. The maximum atomic E-state index is 13.2. The molecular weight excluding hydrogens is 311 g/mol. The first-order chi connectivity index (χ1) is 9.70. The van der Waals surface area contributed by atoms with Crippen molar-refractivity contribution in [3.8, 4) is 0 Å². The third kappa shape index (κ3) is 8.04. The number of hydrogen-bond acceptors (Lipinski definition) is 2. The summed E-state index contributed by atoms with van der Waals surface area (Å²) in [6.45, 7) is 0. The second-order valence-corrected chi connectivity index (χ2v) is 5.64. The van der Waals surface area contributed by atoms with E-state index in [1.165, 1.54) is 0 Å². The van der Waals surface area contributed by atoms with Crippen molar-refractivity contribution in [3.63, 3.8) is 0 Å². The van der Waals surface area contributed by atoms with Gasteiger partial charge < -0.3 is 0 Å². The molecule has 0 fully saturated rings. The zero-order valence-corrected chi connectivity index (χ0v) is 11.9. The Kier molecular flexibility index (Phi) is 6.64. The van der Waals surface area contributed by atoms with Crippen molar-refractivity contribution < 1.29 is 26.7 Å². The Labute approximate surface area is 123 Å². The minimum atomic E-state index is -4.57. The Morgan fingerprint density at radius 1 is 0.952 bits per heavy atom. The van der Waals surface area contributed by atoms with Crippen LogP contribution in [0.1, 0.15) is 36.0 Å². The van der Waals surface area contributed by atoms with E-state index in [1.807, 2.05) is 0 Å². The van der Waals surface area contributed by atoms with Crippen molar-refractivity contribution in [1.82, 2.24) is 0 Å². The zero-order chi connectivity index (χ0) is 15.9. The van der Waals surface area contributed by atoms with Crippen molar-refractivity contribution >= 4 is 16.9 Å². The fourth-order valence-electron chi connectivity index (χ4n) is 1.60. The first kappa shape index (κ1) is 17.9. The lowest BCUT2D eigenvalue weighted by molar-refractivity contribution is -0.152. The lowest BCUT2D eigenvalue weighted by Crippen LogP contribution is -2.20. The summed E-state index contributed by atoms with van der Waals surface area (Å²) in [5.74, 6) is -3.18. The average Bonchev–Trinajstić information content (AvgIpc) is 2.42. The van der Waals surface area contributed by atoms with Crippen LogP contribution in [0.3, 0.4) is 0 Å². The summed E-state index contributed by atoms with van der Waals surface area (Å²) in [7, 11) is 0. The molecule has 0 saturated carbocycles. The monoisotopic (exact) mass is 326 g/mol. The molecule has 21 heavy (non-hydrogen) atoms. The predicted octanol–water partition coefficient (Wildman–Crippen LogP) is 5.32. The van der Waals surface area contributed by atoms with E-state index in [0.717, 1.165) is 11.8 Å². The molecule has 0 heterocycles. The van der Waals surface area contributed by atoms with E-state index < -0.39 is 31.4 Å². The molecule has 118 valence electrons. The molecule has 0 aliphatic rings. The normalized spacial score (nSPS) is 12.4. The number of alkyl halides is 5. The van der Waals surface area contributed by atoms with Crippen LogP contribution in [0.4, 0.5) is 22.0 Å². The van der Waals surface area contributed by atoms with Crippen LogP contribution in [0.25, 0.3) is 0 Å². The van der Waals surface area contributed by atoms with Crippen LogP contribution >= 0.6 is 11.8 Å². The van der Waals surface area contributed by atoms with Gasteiger partial charge in [0.2, 0.25) is 11.0 Å². The molecule has 0 aliphatic heterocycles. The van der Waals surface area contributed by atoms with Gasteiger partial charge in [0.05, 0.1) is 0 Å². The van der Waals surface area contributed by atoms with Crippen LogP contribution in [-0.2, 0) is 0 Å². The zero-order valence-electron chi connectivity index (χ0n) is 11.1. The van der Waals surface area contributed by atoms with Crippen molar-refractivity contribution in [1.29, 1.82) is 0 Å². The average molecular weight is 326 g/mol. The van der Waals surface area contributed by atoms with Crippen LogP contribution in [-0.4, -0.2) is 23.0 Å². The number of hydrogen-bond donors (Lipinski definition) is 0. The Morgan fingerprint density at radius 2 is 1.57 bits per heavy atom. The smallest absolute Gasteiger partial charge is 0.282 e. The summed E-state index contributed by atoms with van der Waals surface area (Å²) < 4.78 is 62.1. The number of halogens is 5. The summed E-state index contributed by atoms with van der Waals surface area (Å²) in [5.41, 5.74) is 0.478. The van der Waals surface area contributed by atoms with Gasteiger partial charge in [-0.25, -0.2) is 8.78 Å². The highest BCUT2D eigenvalue weighted by Gasteiger charge is 2.36. The van der Waals surface area contributed by atoms with Crippen LogP contribution in [0, 0.1) is 0 Å². The van der Waals surface area contributed by atoms with Gasteiger partial charge in [-0.1, -0.05) is 42.1 Å². The third-order valence-electron chi connectivity index (χ3n) is 2.70. The molecular formula is C14H15F5OS. The van der Waals surface area contributed by atoms with Crippen LogP contribution in [0.5, 0.6) is 0 Å². The van der Waals surface area contributed by atoms with Gasteiger partial charge in [0.1, 0.15) is 0 Å². The van der Waals surface area contributed by atoms with E-state index in [2.05, 4.69) is 0 Å². The van der Waals surface area contributed by atoms with E-state index in [0.29, 0.717) is 5.56 Å². The molecule has 1 nitrogen and oxygen atoms in total. The quantitative estimate of drug-likeness (QED) is 0.498. The standard InChI is InChI=1S/C14H15F5OS/c15-13(16,8-9-14(17,18)19)7-4-10-21-12(20)11-5-2-1-3-6-11/h1-3,5-6H,4,7-10H2.